The van der Waals surface area contributed by atoms with Crippen LogP contribution in [-0.4, -0.2) is 21.5 Å². The Bertz CT molecular complexity index is 835. The molecule has 1 aromatic carbocycles. The number of rotatable bonds is 5. The summed E-state index contributed by atoms with van der Waals surface area (Å²) in [6, 6.07) is 12.6. The second-order valence-corrected chi connectivity index (χ2v) is 5.39. The maximum Gasteiger partial charge on any atom is 0.417 e. The highest BCUT2D eigenvalue weighted by atomic mass is 19.4. The van der Waals surface area contributed by atoms with Crippen LogP contribution < -0.4 is 5.32 Å². The van der Waals surface area contributed by atoms with E-state index in [-0.39, 0.29) is 11.4 Å². The van der Waals surface area contributed by atoms with Gasteiger partial charge in [-0.3, -0.25) is 4.98 Å². The van der Waals surface area contributed by atoms with Crippen molar-refractivity contribution < 1.29 is 13.2 Å². The molecule has 7 heteroatoms. The number of hydrogen-bond donors (Lipinski definition) is 1. The van der Waals surface area contributed by atoms with Crippen molar-refractivity contribution in [1.82, 2.24) is 15.0 Å². The standard InChI is InChI=1S/C18H15F3N4/c19-18(20,21)15-10-14(11-22-12-15)17-24-9-7-16(25-17)23-8-6-13-4-2-1-3-5-13/h1-5,7,9-12H,6,8H2,(H,23,24,25). The van der Waals surface area contributed by atoms with E-state index in [9.17, 15) is 13.2 Å². The van der Waals surface area contributed by atoms with Crippen molar-refractivity contribution in [2.45, 2.75) is 12.6 Å². The van der Waals surface area contributed by atoms with Gasteiger partial charge in [-0.05, 0) is 24.1 Å². The quantitative estimate of drug-likeness (QED) is 0.753. The van der Waals surface area contributed by atoms with Crippen LogP contribution >= 0.6 is 0 Å². The number of nitrogens with one attached hydrogen (secondary N) is 1. The molecular formula is C18H15F3N4. The molecule has 0 saturated heterocycles. The van der Waals surface area contributed by atoms with Crippen molar-refractivity contribution in [3.8, 4) is 11.4 Å². The molecule has 0 saturated carbocycles. The summed E-state index contributed by atoms with van der Waals surface area (Å²) in [5.74, 6) is 0.752. The number of benzene rings is 1. The molecule has 2 aromatic heterocycles. The van der Waals surface area contributed by atoms with Crippen molar-refractivity contribution in [1.29, 1.82) is 0 Å². The fourth-order valence-electron chi connectivity index (χ4n) is 2.29. The molecule has 3 aromatic rings. The van der Waals surface area contributed by atoms with E-state index in [2.05, 4.69) is 20.3 Å². The predicted molar refractivity (Wildman–Crippen MR) is 88.9 cm³/mol. The zero-order valence-corrected chi connectivity index (χ0v) is 13.2. The molecule has 0 aliphatic carbocycles. The molecule has 4 nitrogen and oxygen atoms in total. The SMILES string of the molecule is FC(F)(F)c1cncc(-c2nccc(NCCc3ccccc3)n2)c1. The average molecular weight is 344 g/mol. The van der Waals surface area contributed by atoms with Crippen molar-refractivity contribution >= 4 is 5.82 Å². The van der Waals surface area contributed by atoms with Gasteiger partial charge < -0.3 is 5.32 Å². The van der Waals surface area contributed by atoms with Gasteiger partial charge in [-0.25, -0.2) is 9.97 Å². The van der Waals surface area contributed by atoms with E-state index in [4.69, 9.17) is 0 Å². The van der Waals surface area contributed by atoms with E-state index < -0.39 is 11.7 Å². The van der Waals surface area contributed by atoms with E-state index in [0.717, 1.165) is 18.7 Å². The van der Waals surface area contributed by atoms with Crippen LogP contribution in [0.3, 0.4) is 0 Å². The summed E-state index contributed by atoms with van der Waals surface area (Å²) in [6.07, 6.45) is -0.0307. The minimum atomic E-state index is -4.45. The van der Waals surface area contributed by atoms with E-state index in [1.807, 2.05) is 30.3 Å². The highest BCUT2D eigenvalue weighted by Gasteiger charge is 2.31. The first-order valence-electron chi connectivity index (χ1n) is 7.66. The van der Waals surface area contributed by atoms with E-state index in [1.165, 1.54) is 18.0 Å². The van der Waals surface area contributed by atoms with Gasteiger partial charge in [-0.1, -0.05) is 30.3 Å². The van der Waals surface area contributed by atoms with Crippen molar-refractivity contribution in [3.63, 3.8) is 0 Å². The molecule has 0 aliphatic rings. The Hall–Kier alpha value is -2.96. The van der Waals surface area contributed by atoms with Gasteiger partial charge in [0.05, 0.1) is 5.56 Å². The second kappa shape index (κ2) is 7.29. The van der Waals surface area contributed by atoms with Crippen LogP contribution in [0.1, 0.15) is 11.1 Å². The summed E-state index contributed by atoms with van der Waals surface area (Å²) in [5.41, 5.74) is 0.587. The third-order valence-corrected chi connectivity index (χ3v) is 3.54. The molecule has 128 valence electrons. The minimum Gasteiger partial charge on any atom is -0.370 e. The summed E-state index contributed by atoms with van der Waals surface area (Å²) in [6.45, 7) is 0.654. The monoisotopic (exact) mass is 344 g/mol. The second-order valence-electron chi connectivity index (χ2n) is 5.39. The lowest BCUT2D eigenvalue weighted by atomic mass is 10.1. The average Bonchev–Trinajstić information content (AvgIpc) is 2.62. The molecule has 0 atom stereocenters. The van der Waals surface area contributed by atoms with Gasteiger partial charge in [0.25, 0.3) is 0 Å². The maximum atomic E-state index is 12.8. The van der Waals surface area contributed by atoms with Gasteiger partial charge in [0.1, 0.15) is 5.82 Å². The van der Waals surface area contributed by atoms with Crippen molar-refractivity contribution in [2.24, 2.45) is 0 Å². The molecule has 1 N–H and O–H groups in total. The molecule has 25 heavy (non-hydrogen) atoms. The van der Waals surface area contributed by atoms with E-state index in [1.54, 1.807) is 6.07 Å². The fraction of sp³-hybridized carbons (Fsp3) is 0.167. The van der Waals surface area contributed by atoms with Gasteiger partial charge in [-0.15, -0.1) is 0 Å². The third kappa shape index (κ3) is 4.53. The Morgan fingerprint density at radius 3 is 2.56 bits per heavy atom. The Kier molecular flexibility index (Phi) is 4.92. The fourth-order valence-corrected chi connectivity index (χ4v) is 2.29. The number of pyridine rings is 1. The van der Waals surface area contributed by atoms with Crippen LogP contribution in [0.25, 0.3) is 11.4 Å². The highest BCUT2D eigenvalue weighted by Crippen LogP contribution is 2.30. The molecule has 0 radical (unpaired) electrons. The summed E-state index contributed by atoms with van der Waals surface area (Å²) < 4.78 is 38.4. The van der Waals surface area contributed by atoms with Crippen LogP contribution in [0.5, 0.6) is 0 Å². The van der Waals surface area contributed by atoms with Gasteiger partial charge in [0.15, 0.2) is 5.82 Å². The van der Waals surface area contributed by atoms with Crippen LogP contribution in [0.4, 0.5) is 19.0 Å². The summed E-state index contributed by atoms with van der Waals surface area (Å²) in [7, 11) is 0. The number of hydrogen-bond acceptors (Lipinski definition) is 4. The van der Waals surface area contributed by atoms with Gasteiger partial charge in [-0.2, -0.15) is 13.2 Å². The van der Waals surface area contributed by atoms with Crippen LogP contribution in [-0.2, 0) is 12.6 Å². The number of anilines is 1. The lowest BCUT2D eigenvalue weighted by Crippen LogP contribution is -2.08. The Labute approximate surface area is 142 Å². The molecule has 2 heterocycles. The molecule has 3 rings (SSSR count). The van der Waals surface area contributed by atoms with Crippen molar-refractivity contribution in [3.05, 3.63) is 72.2 Å². The van der Waals surface area contributed by atoms with E-state index in [0.29, 0.717) is 12.4 Å². The summed E-state index contributed by atoms with van der Waals surface area (Å²) >= 11 is 0. The Morgan fingerprint density at radius 1 is 1.00 bits per heavy atom. The zero-order chi connectivity index (χ0) is 17.7. The zero-order valence-electron chi connectivity index (χ0n) is 13.2. The molecule has 0 aliphatic heterocycles. The number of nitrogens with zero attached hydrogens (tertiary/aromatic N) is 3. The van der Waals surface area contributed by atoms with Gasteiger partial charge in [0.2, 0.25) is 0 Å². The topological polar surface area (TPSA) is 50.7 Å². The normalized spacial score (nSPS) is 11.3. The lowest BCUT2D eigenvalue weighted by molar-refractivity contribution is -0.137. The molecule has 0 spiro atoms. The predicted octanol–water partition coefficient (Wildman–Crippen LogP) is 4.21. The Balaban J connectivity index is 1.71. The van der Waals surface area contributed by atoms with Crippen LogP contribution in [0.15, 0.2) is 61.1 Å². The molecular weight excluding hydrogens is 329 g/mol. The van der Waals surface area contributed by atoms with Crippen molar-refractivity contribution in [2.75, 3.05) is 11.9 Å². The number of alkyl halides is 3. The minimum absolute atomic E-state index is 0.198. The number of halogens is 3. The molecule has 0 unspecified atom stereocenters. The lowest BCUT2D eigenvalue weighted by Gasteiger charge is -2.09. The molecule has 0 amide bonds. The van der Waals surface area contributed by atoms with Gasteiger partial charge in [0, 0.05) is 30.7 Å². The summed E-state index contributed by atoms with van der Waals surface area (Å²) in [5, 5.41) is 3.15. The van der Waals surface area contributed by atoms with Crippen LogP contribution in [0, 0.1) is 0 Å². The summed E-state index contributed by atoms with van der Waals surface area (Å²) in [4.78, 5) is 11.9. The maximum absolute atomic E-state index is 12.8. The van der Waals surface area contributed by atoms with E-state index >= 15 is 0 Å². The largest absolute Gasteiger partial charge is 0.417 e. The van der Waals surface area contributed by atoms with Crippen LogP contribution in [0.2, 0.25) is 0 Å². The Morgan fingerprint density at radius 2 is 1.80 bits per heavy atom. The first-order valence-corrected chi connectivity index (χ1v) is 7.66. The molecule has 0 bridgehead atoms. The van der Waals surface area contributed by atoms with Gasteiger partial charge >= 0.3 is 6.18 Å². The first kappa shape index (κ1) is 16.9. The smallest absolute Gasteiger partial charge is 0.370 e. The first-order chi connectivity index (χ1) is 12.0. The third-order valence-electron chi connectivity index (χ3n) is 3.54. The number of aromatic nitrogens is 3. The highest BCUT2D eigenvalue weighted by molar-refractivity contribution is 5.56. The molecule has 0 fully saturated rings.